The monoisotopic (exact) mass is 422 g/mol. The van der Waals surface area contributed by atoms with Gasteiger partial charge in [-0.15, -0.1) is 11.3 Å². The Balaban J connectivity index is 1.58. The summed E-state index contributed by atoms with van der Waals surface area (Å²) in [6.07, 6.45) is 1.62. The molecule has 0 bridgehead atoms. The van der Waals surface area contributed by atoms with Gasteiger partial charge in [0.2, 0.25) is 0 Å². The van der Waals surface area contributed by atoms with Crippen LogP contribution in [-0.4, -0.2) is 40.8 Å². The number of carbonyl (C=O) groups is 1. The summed E-state index contributed by atoms with van der Waals surface area (Å²) >= 11 is 7.60. The number of halogens is 1. The molecule has 0 spiro atoms. The second-order valence-electron chi connectivity index (χ2n) is 8.04. The zero-order chi connectivity index (χ0) is 20.3. The average Bonchev–Trinajstić information content (AvgIpc) is 3.00. The van der Waals surface area contributed by atoms with Gasteiger partial charge in [-0.25, -0.2) is 9.78 Å². The standard InChI is InChI=1S/C21H27ClN2O3S/c1-14-18(28-19(23-14)15-7-9-16(22)10-8-15)13-26-17-6-5-11-24(12-17)20(25)27-21(2,3)4/h7-10,17H,5-6,11-13H2,1-4H3. The van der Waals surface area contributed by atoms with E-state index in [0.29, 0.717) is 18.2 Å². The number of thiazole rings is 1. The first-order valence-electron chi connectivity index (χ1n) is 9.53. The van der Waals surface area contributed by atoms with Crippen LogP contribution in [0.4, 0.5) is 4.79 Å². The number of hydrogen-bond acceptors (Lipinski definition) is 5. The first kappa shape index (κ1) is 21.1. The molecule has 1 amide bonds. The highest BCUT2D eigenvalue weighted by Gasteiger charge is 2.28. The molecule has 152 valence electrons. The van der Waals surface area contributed by atoms with E-state index in [2.05, 4.69) is 4.98 Å². The molecule has 0 saturated carbocycles. The third kappa shape index (κ3) is 5.69. The van der Waals surface area contributed by atoms with Crippen LogP contribution in [0.15, 0.2) is 24.3 Å². The molecule has 5 nitrogen and oxygen atoms in total. The number of rotatable bonds is 4. The van der Waals surface area contributed by atoms with Crippen LogP contribution in [0.1, 0.15) is 44.2 Å². The highest BCUT2D eigenvalue weighted by Crippen LogP contribution is 2.30. The Morgan fingerprint density at radius 1 is 1.32 bits per heavy atom. The van der Waals surface area contributed by atoms with Crippen LogP contribution in [-0.2, 0) is 16.1 Å². The van der Waals surface area contributed by atoms with E-state index in [9.17, 15) is 4.79 Å². The molecule has 1 aliphatic rings. The number of aromatic nitrogens is 1. The smallest absolute Gasteiger partial charge is 0.410 e. The Labute approximate surface area is 175 Å². The number of amides is 1. The molecule has 2 aromatic rings. The van der Waals surface area contributed by atoms with Crippen molar-refractivity contribution in [2.24, 2.45) is 0 Å². The molecule has 1 atom stereocenters. The highest BCUT2D eigenvalue weighted by molar-refractivity contribution is 7.15. The second kappa shape index (κ2) is 8.80. The summed E-state index contributed by atoms with van der Waals surface area (Å²) in [5.74, 6) is 0. The molecule has 0 N–H and O–H groups in total. The van der Waals surface area contributed by atoms with Crippen molar-refractivity contribution in [2.45, 2.75) is 58.8 Å². The molecule has 1 fully saturated rings. The summed E-state index contributed by atoms with van der Waals surface area (Å²) in [7, 11) is 0. The van der Waals surface area contributed by atoms with Crippen molar-refractivity contribution in [1.29, 1.82) is 0 Å². The molecule has 0 radical (unpaired) electrons. The maximum Gasteiger partial charge on any atom is 0.410 e. The number of ether oxygens (including phenoxy) is 2. The van der Waals surface area contributed by atoms with E-state index in [1.54, 1.807) is 16.2 Å². The van der Waals surface area contributed by atoms with Crippen molar-refractivity contribution in [2.75, 3.05) is 13.1 Å². The fourth-order valence-corrected chi connectivity index (χ4v) is 4.15. The van der Waals surface area contributed by atoms with Crippen molar-refractivity contribution >= 4 is 29.0 Å². The minimum atomic E-state index is -0.483. The van der Waals surface area contributed by atoms with Gasteiger partial charge in [0.25, 0.3) is 0 Å². The van der Waals surface area contributed by atoms with E-state index < -0.39 is 5.60 Å². The molecule has 3 rings (SSSR count). The van der Waals surface area contributed by atoms with Gasteiger partial charge in [0.15, 0.2) is 0 Å². The van der Waals surface area contributed by atoms with Crippen LogP contribution in [0, 0.1) is 6.92 Å². The van der Waals surface area contributed by atoms with Crippen LogP contribution in [0.3, 0.4) is 0 Å². The van der Waals surface area contributed by atoms with Gasteiger partial charge in [-0.3, -0.25) is 0 Å². The summed E-state index contributed by atoms with van der Waals surface area (Å²) in [6, 6.07) is 7.70. The average molecular weight is 423 g/mol. The van der Waals surface area contributed by atoms with E-state index in [1.807, 2.05) is 52.0 Å². The lowest BCUT2D eigenvalue weighted by Gasteiger charge is -2.34. The molecule has 2 heterocycles. The predicted molar refractivity (Wildman–Crippen MR) is 113 cm³/mol. The molecule has 1 aromatic heterocycles. The van der Waals surface area contributed by atoms with Crippen LogP contribution in [0.25, 0.3) is 10.6 Å². The Morgan fingerprint density at radius 3 is 2.71 bits per heavy atom. The molecule has 28 heavy (non-hydrogen) atoms. The fraction of sp³-hybridized carbons (Fsp3) is 0.524. The van der Waals surface area contributed by atoms with Crippen molar-refractivity contribution in [1.82, 2.24) is 9.88 Å². The van der Waals surface area contributed by atoms with Crippen molar-refractivity contribution < 1.29 is 14.3 Å². The molecule has 1 aromatic carbocycles. The second-order valence-corrected chi connectivity index (χ2v) is 9.56. The van der Waals surface area contributed by atoms with Crippen molar-refractivity contribution in [3.05, 3.63) is 39.9 Å². The van der Waals surface area contributed by atoms with Gasteiger partial charge in [-0.05, 0) is 52.7 Å². The van der Waals surface area contributed by atoms with Crippen molar-refractivity contribution in [3.8, 4) is 10.6 Å². The Kier molecular flexibility index (Phi) is 6.63. The normalized spacial score (nSPS) is 17.6. The lowest BCUT2D eigenvalue weighted by Crippen LogP contribution is -2.45. The van der Waals surface area contributed by atoms with Gasteiger partial charge >= 0.3 is 6.09 Å². The number of aryl methyl sites for hydroxylation is 1. The third-order valence-corrected chi connectivity index (χ3v) is 5.90. The first-order valence-corrected chi connectivity index (χ1v) is 10.7. The number of nitrogens with zero attached hydrogens (tertiary/aromatic N) is 2. The van der Waals surface area contributed by atoms with E-state index in [-0.39, 0.29) is 12.2 Å². The van der Waals surface area contributed by atoms with E-state index in [4.69, 9.17) is 21.1 Å². The highest BCUT2D eigenvalue weighted by atomic mass is 35.5. The zero-order valence-electron chi connectivity index (χ0n) is 16.8. The molecule has 7 heteroatoms. The maximum absolute atomic E-state index is 12.3. The number of benzene rings is 1. The summed E-state index contributed by atoms with van der Waals surface area (Å²) in [6.45, 7) is 9.44. The lowest BCUT2D eigenvalue weighted by molar-refractivity contribution is -0.0254. The fourth-order valence-electron chi connectivity index (χ4n) is 3.04. The van der Waals surface area contributed by atoms with E-state index in [0.717, 1.165) is 40.5 Å². The minimum Gasteiger partial charge on any atom is -0.444 e. The van der Waals surface area contributed by atoms with Gasteiger partial charge in [0, 0.05) is 17.1 Å². The largest absolute Gasteiger partial charge is 0.444 e. The van der Waals surface area contributed by atoms with Gasteiger partial charge in [0.05, 0.1) is 29.8 Å². The molecular formula is C21H27ClN2O3S. The molecule has 1 aliphatic heterocycles. The molecule has 0 aliphatic carbocycles. The number of piperidine rings is 1. The van der Waals surface area contributed by atoms with Crippen LogP contribution < -0.4 is 0 Å². The Hall–Kier alpha value is -1.63. The maximum atomic E-state index is 12.3. The van der Waals surface area contributed by atoms with E-state index >= 15 is 0 Å². The Bertz CT molecular complexity index is 814. The quantitative estimate of drug-likeness (QED) is 0.635. The third-order valence-electron chi connectivity index (χ3n) is 4.46. The molecule has 1 saturated heterocycles. The van der Waals surface area contributed by atoms with Gasteiger partial charge in [-0.2, -0.15) is 0 Å². The minimum absolute atomic E-state index is 0.0155. The number of hydrogen-bond donors (Lipinski definition) is 0. The van der Waals surface area contributed by atoms with Crippen LogP contribution in [0.5, 0.6) is 0 Å². The SMILES string of the molecule is Cc1nc(-c2ccc(Cl)cc2)sc1COC1CCCN(C(=O)OC(C)(C)C)C1. The molecule has 1 unspecified atom stereocenters. The summed E-state index contributed by atoms with van der Waals surface area (Å²) in [5.41, 5.74) is 1.55. The topological polar surface area (TPSA) is 51.7 Å². The number of likely N-dealkylation sites (tertiary alicyclic amines) is 1. The van der Waals surface area contributed by atoms with Gasteiger partial charge < -0.3 is 14.4 Å². The van der Waals surface area contributed by atoms with Crippen LogP contribution in [0.2, 0.25) is 5.02 Å². The van der Waals surface area contributed by atoms with Crippen molar-refractivity contribution in [3.63, 3.8) is 0 Å². The predicted octanol–water partition coefficient (Wildman–Crippen LogP) is 5.69. The zero-order valence-corrected chi connectivity index (χ0v) is 18.4. The Morgan fingerprint density at radius 2 is 2.04 bits per heavy atom. The van der Waals surface area contributed by atoms with E-state index in [1.165, 1.54) is 0 Å². The number of carbonyl (C=O) groups excluding carboxylic acids is 1. The van der Waals surface area contributed by atoms with Crippen LogP contribution >= 0.6 is 22.9 Å². The van der Waals surface area contributed by atoms with Gasteiger partial charge in [0.1, 0.15) is 10.6 Å². The summed E-state index contributed by atoms with van der Waals surface area (Å²) in [4.78, 5) is 19.8. The molecular weight excluding hydrogens is 396 g/mol. The first-order chi connectivity index (χ1) is 13.2. The van der Waals surface area contributed by atoms with Gasteiger partial charge in [-0.1, -0.05) is 23.7 Å². The summed E-state index contributed by atoms with van der Waals surface area (Å²) < 4.78 is 11.6. The lowest BCUT2D eigenvalue weighted by atomic mass is 10.1. The summed E-state index contributed by atoms with van der Waals surface area (Å²) in [5, 5.41) is 1.68.